The molecule has 21 heavy (non-hydrogen) atoms. The van der Waals surface area contributed by atoms with Gasteiger partial charge in [0.15, 0.2) is 5.78 Å². The van der Waals surface area contributed by atoms with Crippen molar-refractivity contribution in [1.82, 2.24) is 4.90 Å². The number of hydrogen-bond acceptors (Lipinski definition) is 3. The van der Waals surface area contributed by atoms with Crippen molar-refractivity contribution in [3.8, 4) is 0 Å². The third-order valence-electron chi connectivity index (χ3n) is 3.89. The van der Waals surface area contributed by atoms with Crippen molar-refractivity contribution in [2.75, 3.05) is 33.1 Å². The minimum absolute atomic E-state index is 0.109. The molecule has 0 saturated heterocycles. The summed E-state index contributed by atoms with van der Waals surface area (Å²) in [7, 11) is 7.82. The number of anilines is 1. The molecule has 0 heterocycles. The molecule has 0 aliphatic carbocycles. The fourth-order valence-electron chi connectivity index (χ4n) is 2.49. The van der Waals surface area contributed by atoms with E-state index in [1.54, 1.807) is 12.2 Å². The maximum Gasteiger partial charge on any atom is 0.183 e. The number of carbonyl (C=O) groups is 1. The van der Waals surface area contributed by atoms with E-state index in [-0.39, 0.29) is 5.78 Å². The number of benzene rings is 1. The highest BCUT2D eigenvalue weighted by Crippen LogP contribution is 2.28. The Bertz CT molecular complexity index is 490. The van der Waals surface area contributed by atoms with Crippen LogP contribution in [0.4, 0.5) is 5.69 Å². The van der Waals surface area contributed by atoms with Gasteiger partial charge in [0.05, 0.1) is 5.54 Å². The van der Waals surface area contributed by atoms with Gasteiger partial charge in [0.25, 0.3) is 0 Å². The highest BCUT2D eigenvalue weighted by atomic mass is 16.1. The van der Waals surface area contributed by atoms with E-state index < -0.39 is 5.54 Å². The number of nitrogens with zero attached hydrogens (tertiary/aromatic N) is 2. The smallest absolute Gasteiger partial charge is 0.183 e. The van der Waals surface area contributed by atoms with Crippen LogP contribution in [0.15, 0.2) is 49.6 Å². The Hall–Kier alpha value is -1.87. The van der Waals surface area contributed by atoms with Crippen molar-refractivity contribution in [3.05, 3.63) is 55.1 Å². The first-order valence-corrected chi connectivity index (χ1v) is 7.10. The third kappa shape index (κ3) is 3.61. The van der Waals surface area contributed by atoms with Crippen LogP contribution in [0.2, 0.25) is 0 Å². The van der Waals surface area contributed by atoms with Gasteiger partial charge >= 0.3 is 0 Å². The van der Waals surface area contributed by atoms with E-state index in [1.165, 1.54) is 0 Å². The Kier molecular flexibility index (Phi) is 5.91. The van der Waals surface area contributed by atoms with Crippen LogP contribution < -0.4 is 4.90 Å². The van der Waals surface area contributed by atoms with Gasteiger partial charge < -0.3 is 4.90 Å². The van der Waals surface area contributed by atoms with Crippen LogP contribution in [-0.4, -0.2) is 44.4 Å². The summed E-state index contributed by atoms with van der Waals surface area (Å²) in [4.78, 5) is 17.0. The van der Waals surface area contributed by atoms with Gasteiger partial charge in [-0.05, 0) is 51.2 Å². The number of hydrogen-bond donors (Lipinski definition) is 0. The first-order chi connectivity index (χ1) is 9.89. The summed E-state index contributed by atoms with van der Waals surface area (Å²) in [6.07, 6.45) is 4.80. The van der Waals surface area contributed by atoms with Gasteiger partial charge in [0.2, 0.25) is 0 Å². The normalized spacial score (nSPS) is 11.3. The molecule has 114 valence electrons. The van der Waals surface area contributed by atoms with Crippen molar-refractivity contribution < 1.29 is 4.79 Å². The summed E-state index contributed by atoms with van der Waals surface area (Å²) in [5, 5.41) is 0. The summed E-state index contributed by atoms with van der Waals surface area (Å²) in [6.45, 7) is 7.61. The van der Waals surface area contributed by atoms with Crippen LogP contribution >= 0.6 is 0 Å². The molecule has 0 aliphatic rings. The lowest BCUT2D eigenvalue weighted by atomic mass is 9.82. The fourth-order valence-corrected chi connectivity index (χ4v) is 2.49. The van der Waals surface area contributed by atoms with Crippen LogP contribution in [0.25, 0.3) is 0 Å². The third-order valence-corrected chi connectivity index (χ3v) is 3.89. The molecular formula is C18H26N2O. The van der Waals surface area contributed by atoms with E-state index in [2.05, 4.69) is 13.2 Å². The second-order valence-corrected chi connectivity index (χ2v) is 5.68. The number of Topliss-reactive ketones (excluding diaryl/α,β-unsaturated/α-hetero) is 1. The van der Waals surface area contributed by atoms with E-state index in [9.17, 15) is 4.79 Å². The average molecular weight is 286 g/mol. The Morgan fingerprint density at radius 2 is 1.52 bits per heavy atom. The van der Waals surface area contributed by atoms with Gasteiger partial charge in [-0.25, -0.2) is 0 Å². The highest BCUT2D eigenvalue weighted by molar-refractivity contribution is 6.03. The summed E-state index contributed by atoms with van der Waals surface area (Å²) in [5.74, 6) is 0.109. The van der Waals surface area contributed by atoms with Crippen LogP contribution in [0.1, 0.15) is 23.2 Å². The van der Waals surface area contributed by atoms with Gasteiger partial charge in [-0.3, -0.25) is 9.69 Å². The molecule has 0 atom stereocenters. The molecular weight excluding hydrogens is 260 g/mol. The molecule has 0 fully saturated rings. The van der Waals surface area contributed by atoms with Crippen molar-refractivity contribution in [3.63, 3.8) is 0 Å². The fraction of sp³-hybridized carbons (Fsp3) is 0.389. The Balaban J connectivity index is 3.20. The molecule has 0 spiro atoms. The number of ketones is 1. The second kappa shape index (κ2) is 7.23. The van der Waals surface area contributed by atoms with Crippen LogP contribution in [0.5, 0.6) is 0 Å². The van der Waals surface area contributed by atoms with Gasteiger partial charge in [0, 0.05) is 25.3 Å². The summed E-state index contributed by atoms with van der Waals surface area (Å²) < 4.78 is 0. The molecule has 0 N–H and O–H groups in total. The lowest BCUT2D eigenvalue weighted by Crippen LogP contribution is -2.50. The summed E-state index contributed by atoms with van der Waals surface area (Å²) >= 11 is 0. The second-order valence-electron chi connectivity index (χ2n) is 5.68. The molecule has 0 saturated carbocycles. The molecule has 0 bridgehead atoms. The topological polar surface area (TPSA) is 23.6 Å². The van der Waals surface area contributed by atoms with Gasteiger partial charge in [0.1, 0.15) is 0 Å². The van der Waals surface area contributed by atoms with Gasteiger partial charge in [-0.1, -0.05) is 12.2 Å². The zero-order valence-electron chi connectivity index (χ0n) is 13.6. The Morgan fingerprint density at radius 3 is 1.86 bits per heavy atom. The molecule has 0 amide bonds. The Morgan fingerprint density at radius 1 is 1.05 bits per heavy atom. The predicted molar refractivity (Wildman–Crippen MR) is 91.1 cm³/mol. The van der Waals surface area contributed by atoms with E-state index in [4.69, 9.17) is 0 Å². The zero-order valence-corrected chi connectivity index (χ0v) is 13.6. The van der Waals surface area contributed by atoms with E-state index in [0.717, 1.165) is 11.3 Å². The molecule has 1 aromatic carbocycles. The molecule has 0 unspecified atom stereocenters. The highest BCUT2D eigenvalue weighted by Gasteiger charge is 2.38. The first kappa shape index (κ1) is 17.2. The SMILES string of the molecule is C=CCC(CC=C)(C(=O)c1ccc(N(C)C)cc1)N(C)C. The van der Waals surface area contributed by atoms with Crippen LogP contribution in [0.3, 0.4) is 0 Å². The zero-order chi connectivity index (χ0) is 16.0. The lowest BCUT2D eigenvalue weighted by Gasteiger charge is -2.37. The average Bonchev–Trinajstić information content (AvgIpc) is 2.46. The summed E-state index contributed by atoms with van der Waals surface area (Å²) in [5.41, 5.74) is 1.19. The van der Waals surface area contributed by atoms with Crippen LogP contribution in [-0.2, 0) is 0 Å². The van der Waals surface area contributed by atoms with E-state index in [0.29, 0.717) is 12.8 Å². The summed E-state index contributed by atoms with van der Waals surface area (Å²) in [6, 6.07) is 7.72. The lowest BCUT2D eigenvalue weighted by molar-refractivity contribution is 0.0690. The quantitative estimate of drug-likeness (QED) is 0.540. The number of likely N-dealkylation sites (N-methyl/N-ethyl adjacent to an activating group) is 1. The Labute approximate surface area is 128 Å². The van der Waals surface area contributed by atoms with E-state index >= 15 is 0 Å². The molecule has 1 aromatic rings. The van der Waals surface area contributed by atoms with Crippen molar-refractivity contribution in [1.29, 1.82) is 0 Å². The predicted octanol–water partition coefficient (Wildman–Crippen LogP) is 3.39. The van der Waals surface area contributed by atoms with Crippen molar-refractivity contribution >= 4 is 11.5 Å². The van der Waals surface area contributed by atoms with Crippen molar-refractivity contribution in [2.24, 2.45) is 0 Å². The molecule has 0 aliphatic heterocycles. The molecule has 3 nitrogen and oxygen atoms in total. The maximum absolute atomic E-state index is 13.0. The molecule has 0 radical (unpaired) electrons. The maximum atomic E-state index is 13.0. The molecule has 3 heteroatoms. The largest absolute Gasteiger partial charge is 0.378 e. The van der Waals surface area contributed by atoms with Crippen molar-refractivity contribution in [2.45, 2.75) is 18.4 Å². The number of carbonyl (C=O) groups excluding carboxylic acids is 1. The first-order valence-electron chi connectivity index (χ1n) is 7.10. The standard InChI is InChI=1S/C18H26N2O/c1-7-13-18(14-8-2,20(5)6)17(21)15-9-11-16(12-10-15)19(3)4/h7-12H,1-2,13-14H2,3-6H3. The van der Waals surface area contributed by atoms with Gasteiger partial charge in [-0.2, -0.15) is 0 Å². The van der Waals surface area contributed by atoms with Crippen LogP contribution in [0, 0.1) is 0 Å². The van der Waals surface area contributed by atoms with E-state index in [1.807, 2.05) is 62.3 Å². The van der Waals surface area contributed by atoms with Gasteiger partial charge in [-0.15, -0.1) is 13.2 Å². The minimum atomic E-state index is -0.608. The minimum Gasteiger partial charge on any atom is -0.378 e. The molecule has 0 aromatic heterocycles. The number of rotatable bonds is 8. The molecule has 1 rings (SSSR count). The monoisotopic (exact) mass is 286 g/mol.